The molecule has 0 saturated heterocycles. The number of ether oxygens (including phenoxy) is 3. The molecule has 1 N–H and O–H groups in total. The van der Waals surface area contributed by atoms with Crippen molar-refractivity contribution in [3.63, 3.8) is 0 Å². The lowest BCUT2D eigenvalue weighted by Gasteiger charge is -2.28. The second-order valence-electron chi connectivity index (χ2n) is 9.49. The topological polar surface area (TPSA) is 87.5 Å². The summed E-state index contributed by atoms with van der Waals surface area (Å²) >= 11 is 7.82. The zero-order chi connectivity index (χ0) is 29.5. The number of thioether (sulfide) groups is 1. The van der Waals surface area contributed by atoms with Crippen molar-refractivity contribution in [1.82, 2.24) is 14.8 Å². The normalized spacial score (nSPS) is 14.1. The Bertz CT molecular complexity index is 1610. The first-order chi connectivity index (χ1) is 20.5. The number of aromatic nitrogens is 3. The molecule has 5 rings (SSSR count). The van der Waals surface area contributed by atoms with Gasteiger partial charge in [0, 0.05) is 22.9 Å². The van der Waals surface area contributed by atoms with E-state index in [1.165, 1.54) is 23.4 Å². The van der Waals surface area contributed by atoms with Gasteiger partial charge in [-0.25, -0.2) is 9.48 Å². The van der Waals surface area contributed by atoms with Crippen LogP contribution in [-0.4, -0.2) is 41.1 Å². The molecule has 1 aliphatic rings. The van der Waals surface area contributed by atoms with Gasteiger partial charge in [-0.15, -0.1) is 5.10 Å². The lowest BCUT2D eigenvalue weighted by Crippen LogP contribution is -2.29. The molecule has 2 heterocycles. The molecule has 0 amide bonds. The second-order valence-corrected chi connectivity index (χ2v) is 10.8. The van der Waals surface area contributed by atoms with Gasteiger partial charge in [-0.3, -0.25) is 0 Å². The first-order valence-corrected chi connectivity index (χ1v) is 14.8. The first-order valence-electron chi connectivity index (χ1n) is 13.4. The summed E-state index contributed by atoms with van der Waals surface area (Å²) in [6, 6.07) is 22.8. The molecule has 216 valence electrons. The van der Waals surface area contributed by atoms with Crippen LogP contribution in [-0.2, 0) is 21.7 Å². The number of fused-ring (bicyclic) bond motifs is 1. The monoisotopic (exact) mass is 602 g/mol. The number of hydrogen-bond donors (Lipinski definition) is 1. The highest BCUT2D eigenvalue weighted by molar-refractivity contribution is 7.98. The Morgan fingerprint density at radius 3 is 2.67 bits per heavy atom. The maximum Gasteiger partial charge on any atom is 0.338 e. The number of hydrogen-bond acceptors (Lipinski definition) is 8. The van der Waals surface area contributed by atoms with Crippen LogP contribution in [0.3, 0.4) is 0 Å². The van der Waals surface area contributed by atoms with E-state index in [4.69, 9.17) is 35.9 Å². The predicted octanol–water partition coefficient (Wildman–Crippen LogP) is 6.87. The average molecular weight is 603 g/mol. The third-order valence-electron chi connectivity index (χ3n) is 6.69. The van der Waals surface area contributed by atoms with Crippen LogP contribution in [0.1, 0.15) is 29.7 Å². The van der Waals surface area contributed by atoms with Crippen LogP contribution in [0.25, 0.3) is 0 Å². The van der Waals surface area contributed by atoms with Crippen LogP contribution in [0.4, 0.5) is 5.95 Å². The van der Waals surface area contributed by atoms with Crippen LogP contribution < -0.4 is 14.8 Å². The Labute approximate surface area is 254 Å². The smallest absolute Gasteiger partial charge is 0.338 e. The predicted molar refractivity (Wildman–Crippen MR) is 165 cm³/mol. The highest BCUT2D eigenvalue weighted by atomic mass is 35.5. The van der Waals surface area contributed by atoms with Gasteiger partial charge in [-0.2, -0.15) is 4.98 Å². The lowest BCUT2D eigenvalue weighted by atomic mass is 9.95. The van der Waals surface area contributed by atoms with Crippen LogP contribution >= 0.6 is 23.4 Å². The molecule has 0 aliphatic carbocycles. The van der Waals surface area contributed by atoms with Crippen molar-refractivity contribution in [2.45, 2.75) is 30.3 Å². The fraction of sp³-hybridized carbons (Fsp3) is 0.219. The molecule has 0 bridgehead atoms. The van der Waals surface area contributed by atoms with Crippen molar-refractivity contribution in [2.24, 2.45) is 0 Å². The van der Waals surface area contributed by atoms with Crippen molar-refractivity contribution in [3.8, 4) is 11.5 Å². The minimum atomic E-state index is -0.618. The van der Waals surface area contributed by atoms with Crippen LogP contribution in [0.2, 0.25) is 5.02 Å². The average Bonchev–Trinajstić information content (AvgIpc) is 3.41. The molecule has 8 nitrogen and oxygen atoms in total. The number of methoxy groups -OCH3 is 1. The molecule has 0 fully saturated rings. The maximum absolute atomic E-state index is 13.3. The largest absolute Gasteiger partial charge is 0.493 e. The van der Waals surface area contributed by atoms with Crippen LogP contribution in [0.5, 0.6) is 11.5 Å². The fourth-order valence-electron chi connectivity index (χ4n) is 4.63. The van der Waals surface area contributed by atoms with Gasteiger partial charge in [0.1, 0.15) is 12.6 Å². The molecule has 1 unspecified atom stereocenters. The number of nitrogens with zero attached hydrogens (tertiary/aromatic N) is 3. The summed E-state index contributed by atoms with van der Waals surface area (Å²) in [6.45, 7) is 6.06. The van der Waals surface area contributed by atoms with Crippen molar-refractivity contribution >= 4 is 35.3 Å². The van der Waals surface area contributed by atoms with Crippen molar-refractivity contribution in [1.29, 1.82) is 0 Å². The van der Waals surface area contributed by atoms with Gasteiger partial charge in [-0.1, -0.05) is 90.6 Å². The molecule has 0 saturated carbocycles. The van der Waals surface area contributed by atoms with Crippen LogP contribution in [0.15, 0.2) is 102 Å². The van der Waals surface area contributed by atoms with Crippen molar-refractivity contribution < 1.29 is 19.0 Å². The molecular weight excluding hydrogens is 572 g/mol. The Balaban J connectivity index is 1.44. The Kier molecular flexibility index (Phi) is 9.51. The molecule has 3 aromatic carbocycles. The standard InChI is InChI=1S/C32H31ClN4O4S/c1-4-17-41-30(38)28-21(2)34-31-35-32(42-20-24-12-8-9-13-25(24)33)36-37(31)29(28)23-14-15-26(27(19-23)39-3)40-18-16-22-10-6-5-7-11-22/h4-15,19,29H,1,16-18,20H2,2-3H3,(H,34,35,36). The highest BCUT2D eigenvalue weighted by Gasteiger charge is 2.35. The molecule has 1 aromatic heterocycles. The Morgan fingerprint density at radius 1 is 1.12 bits per heavy atom. The summed E-state index contributed by atoms with van der Waals surface area (Å²) < 4.78 is 19.0. The quantitative estimate of drug-likeness (QED) is 0.107. The third-order valence-corrected chi connectivity index (χ3v) is 7.95. The number of allylic oxidation sites excluding steroid dienone is 1. The molecule has 4 aromatic rings. The van der Waals surface area contributed by atoms with E-state index in [0.717, 1.165) is 17.5 Å². The number of esters is 1. The number of nitrogens with one attached hydrogen (secondary N) is 1. The number of halogens is 1. The maximum atomic E-state index is 13.3. The van der Waals surface area contributed by atoms with E-state index in [9.17, 15) is 4.79 Å². The summed E-state index contributed by atoms with van der Waals surface area (Å²) in [4.78, 5) is 18.0. The second kappa shape index (κ2) is 13.6. The van der Waals surface area contributed by atoms with E-state index in [0.29, 0.717) is 51.3 Å². The Hall–Kier alpha value is -4.21. The number of carbonyl (C=O) groups excluding carboxylic acids is 1. The minimum Gasteiger partial charge on any atom is -0.493 e. The number of carbonyl (C=O) groups is 1. The Morgan fingerprint density at radius 2 is 1.90 bits per heavy atom. The minimum absolute atomic E-state index is 0.0863. The zero-order valence-electron chi connectivity index (χ0n) is 23.4. The number of anilines is 1. The van der Waals surface area contributed by atoms with E-state index >= 15 is 0 Å². The van der Waals surface area contributed by atoms with E-state index in [1.54, 1.807) is 11.8 Å². The molecule has 10 heteroatoms. The van der Waals surface area contributed by atoms with Gasteiger partial charge >= 0.3 is 5.97 Å². The van der Waals surface area contributed by atoms with Crippen molar-refractivity contribution in [2.75, 3.05) is 25.6 Å². The van der Waals surface area contributed by atoms with Gasteiger partial charge in [0.25, 0.3) is 0 Å². The van der Waals surface area contributed by atoms with E-state index < -0.39 is 12.0 Å². The molecule has 1 atom stereocenters. The molecule has 1 aliphatic heterocycles. The summed E-state index contributed by atoms with van der Waals surface area (Å²) in [7, 11) is 1.59. The molecule has 42 heavy (non-hydrogen) atoms. The number of benzene rings is 3. The van der Waals surface area contributed by atoms with E-state index in [-0.39, 0.29) is 6.61 Å². The summed E-state index contributed by atoms with van der Waals surface area (Å²) in [5, 5.41) is 9.25. The third kappa shape index (κ3) is 6.64. The molecule has 0 radical (unpaired) electrons. The highest BCUT2D eigenvalue weighted by Crippen LogP contribution is 2.40. The summed E-state index contributed by atoms with van der Waals surface area (Å²) in [6.07, 6.45) is 2.30. The van der Waals surface area contributed by atoms with Crippen molar-refractivity contribution in [3.05, 3.63) is 118 Å². The van der Waals surface area contributed by atoms with Crippen LogP contribution in [0, 0.1) is 0 Å². The summed E-state index contributed by atoms with van der Waals surface area (Å²) in [5.74, 6) is 1.79. The van der Waals surface area contributed by atoms with Gasteiger partial charge < -0.3 is 19.5 Å². The number of rotatable bonds is 12. The molecule has 0 spiro atoms. The van der Waals surface area contributed by atoms with E-state index in [2.05, 4.69) is 24.0 Å². The first kappa shape index (κ1) is 29.3. The van der Waals surface area contributed by atoms with Gasteiger partial charge in [-0.05, 0) is 41.8 Å². The van der Waals surface area contributed by atoms with E-state index in [1.807, 2.05) is 67.6 Å². The lowest BCUT2D eigenvalue weighted by molar-refractivity contribution is -0.138. The fourth-order valence-corrected chi connectivity index (χ4v) is 5.75. The SMILES string of the molecule is C=CCOC(=O)C1=C(C)Nc2nc(SCc3ccccc3Cl)nn2C1c1ccc(OCCc2ccccc2)c(OC)c1. The summed E-state index contributed by atoms with van der Waals surface area (Å²) in [5.41, 5.74) is 3.97. The van der Waals surface area contributed by atoms with Gasteiger partial charge in [0.05, 0.1) is 19.3 Å². The van der Waals surface area contributed by atoms with Gasteiger partial charge in [0.2, 0.25) is 11.1 Å². The van der Waals surface area contributed by atoms with Gasteiger partial charge in [0.15, 0.2) is 11.5 Å². The molecular formula is C32H31ClN4O4S. The zero-order valence-corrected chi connectivity index (χ0v) is 25.0.